The molecule has 0 radical (unpaired) electrons. The minimum absolute atomic E-state index is 0.244. The summed E-state index contributed by atoms with van der Waals surface area (Å²) in [6.45, 7) is 4.83. The highest BCUT2D eigenvalue weighted by Gasteiger charge is 2.56. The molecule has 2 atom stereocenters. The molecule has 0 aromatic rings. The monoisotopic (exact) mass is 193 g/mol. The summed E-state index contributed by atoms with van der Waals surface area (Å²) >= 11 is 0. The Kier molecular flexibility index (Phi) is 1.68. The third kappa shape index (κ3) is 1.11. The molecule has 0 aromatic heterocycles. The number of rotatable bonds is 1. The van der Waals surface area contributed by atoms with Gasteiger partial charge in [0.15, 0.2) is 0 Å². The third-order valence-corrected chi connectivity index (χ3v) is 5.38. The van der Waals surface area contributed by atoms with E-state index in [-0.39, 0.29) is 5.54 Å². The molecule has 4 aliphatic carbocycles. The first-order chi connectivity index (χ1) is 6.51. The summed E-state index contributed by atoms with van der Waals surface area (Å²) in [5, 5.41) is 0. The summed E-state index contributed by atoms with van der Waals surface area (Å²) in [4.78, 5) is 0. The largest absolute Gasteiger partial charge is 0.325 e. The van der Waals surface area contributed by atoms with Crippen molar-refractivity contribution in [2.75, 3.05) is 0 Å². The Morgan fingerprint density at radius 2 is 1.64 bits per heavy atom. The van der Waals surface area contributed by atoms with Gasteiger partial charge in [-0.05, 0) is 61.7 Å². The lowest BCUT2D eigenvalue weighted by molar-refractivity contribution is -0.0913. The van der Waals surface area contributed by atoms with Crippen molar-refractivity contribution in [1.82, 2.24) is 0 Å². The van der Waals surface area contributed by atoms with Gasteiger partial charge in [-0.1, -0.05) is 13.8 Å². The Hall–Kier alpha value is -0.0400. The average Bonchev–Trinajstić information content (AvgIpc) is 1.98. The molecule has 0 aliphatic heterocycles. The second-order valence-corrected chi connectivity index (χ2v) is 6.84. The Morgan fingerprint density at radius 3 is 2.07 bits per heavy atom. The molecule has 0 heterocycles. The molecule has 2 N–H and O–H groups in total. The van der Waals surface area contributed by atoms with E-state index in [0.717, 1.165) is 17.8 Å². The lowest BCUT2D eigenvalue weighted by Gasteiger charge is -2.62. The molecule has 80 valence electrons. The highest BCUT2D eigenvalue weighted by Crippen LogP contribution is 2.63. The second-order valence-electron chi connectivity index (χ2n) is 6.84. The maximum Gasteiger partial charge on any atom is 0.0165 e. The van der Waals surface area contributed by atoms with Crippen molar-refractivity contribution in [3.63, 3.8) is 0 Å². The molecule has 14 heavy (non-hydrogen) atoms. The van der Waals surface area contributed by atoms with Crippen LogP contribution in [0, 0.1) is 23.2 Å². The van der Waals surface area contributed by atoms with E-state index >= 15 is 0 Å². The maximum atomic E-state index is 6.54. The van der Waals surface area contributed by atoms with Crippen LogP contribution in [-0.4, -0.2) is 5.54 Å². The maximum absolute atomic E-state index is 6.54. The third-order valence-electron chi connectivity index (χ3n) is 5.38. The molecule has 4 bridgehead atoms. The van der Waals surface area contributed by atoms with Crippen molar-refractivity contribution in [3.05, 3.63) is 0 Å². The Bertz CT molecular complexity index is 242. The molecular weight excluding hydrogens is 170 g/mol. The smallest absolute Gasteiger partial charge is 0.0165 e. The fourth-order valence-electron chi connectivity index (χ4n) is 5.08. The van der Waals surface area contributed by atoms with Crippen LogP contribution in [0.1, 0.15) is 52.4 Å². The fourth-order valence-corrected chi connectivity index (χ4v) is 5.08. The van der Waals surface area contributed by atoms with Crippen molar-refractivity contribution >= 4 is 0 Å². The van der Waals surface area contributed by atoms with Gasteiger partial charge in [-0.3, -0.25) is 0 Å². The number of hydrogen-bond donors (Lipinski definition) is 1. The quantitative estimate of drug-likeness (QED) is 0.681. The van der Waals surface area contributed by atoms with Gasteiger partial charge in [-0.15, -0.1) is 0 Å². The zero-order chi connectivity index (χ0) is 9.97. The van der Waals surface area contributed by atoms with E-state index in [0.29, 0.717) is 5.41 Å². The van der Waals surface area contributed by atoms with Gasteiger partial charge in [0.1, 0.15) is 0 Å². The number of hydrogen-bond acceptors (Lipinski definition) is 1. The van der Waals surface area contributed by atoms with Crippen molar-refractivity contribution in [2.45, 2.75) is 57.9 Å². The Morgan fingerprint density at radius 1 is 1.07 bits per heavy atom. The zero-order valence-corrected chi connectivity index (χ0v) is 9.55. The first-order valence-electron chi connectivity index (χ1n) is 6.30. The van der Waals surface area contributed by atoms with Crippen molar-refractivity contribution in [2.24, 2.45) is 28.9 Å². The predicted octanol–water partition coefficient (Wildman–Crippen LogP) is 2.94. The highest BCUT2D eigenvalue weighted by atomic mass is 14.8. The molecule has 1 nitrogen and oxygen atoms in total. The predicted molar refractivity (Wildman–Crippen MR) is 58.9 cm³/mol. The van der Waals surface area contributed by atoms with Crippen LogP contribution in [0.4, 0.5) is 0 Å². The lowest BCUT2D eigenvalue weighted by atomic mass is 9.44. The van der Waals surface area contributed by atoms with Gasteiger partial charge in [-0.25, -0.2) is 0 Å². The van der Waals surface area contributed by atoms with E-state index < -0.39 is 0 Å². The SMILES string of the molecule is CC(C)C12C[C@H]3C[C@@H](CC(N)(C3)C1)C2. The van der Waals surface area contributed by atoms with Crippen molar-refractivity contribution in [3.8, 4) is 0 Å². The van der Waals surface area contributed by atoms with E-state index in [4.69, 9.17) is 5.73 Å². The standard InChI is InChI=1S/C13H23N/c1-9(2)12-4-10-3-11(5-12)7-13(14,6-10)8-12/h9-11H,3-8,14H2,1-2H3/t10-,11-,12?,13?/m1/s1. The summed E-state index contributed by atoms with van der Waals surface area (Å²) in [6, 6.07) is 0. The summed E-state index contributed by atoms with van der Waals surface area (Å²) in [6.07, 6.45) is 8.45. The van der Waals surface area contributed by atoms with Gasteiger partial charge < -0.3 is 5.73 Å². The molecule has 0 saturated heterocycles. The fraction of sp³-hybridized carbons (Fsp3) is 1.00. The normalized spacial score (nSPS) is 55.7. The summed E-state index contributed by atoms with van der Waals surface area (Å²) in [5.74, 6) is 2.80. The molecule has 0 unspecified atom stereocenters. The van der Waals surface area contributed by atoms with E-state index in [2.05, 4.69) is 13.8 Å². The van der Waals surface area contributed by atoms with Crippen LogP contribution in [0.5, 0.6) is 0 Å². The Labute approximate surface area is 87.4 Å². The number of nitrogens with two attached hydrogens (primary N) is 1. The topological polar surface area (TPSA) is 26.0 Å². The van der Waals surface area contributed by atoms with Gasteiger partial charge in [0, 0.05) is 5.54 Å². The summed E-state index contributed by atoms with van der Waals surface area (Å²) < 4.78 is 0. The highest BCUT2D eigenvalue weighted by molar-refractivity contribution is 5.11. The van der Waals surface area contributed by atoms with Gasteiger partial charge in [0.25, 0.3) is 0 Å². The summed E-state index contributed by atoms with van der Waals surface area (Å²) in [5.41, 5.74) is 7.43. The van der Waals surface area contributed by atoms with Crippen LogP contribution in [0.2, 0.25) is 0 Å². The zero-order valence-electron chi connectivity index (χ0n) is 9.55. The molecule has 4 saturated carbocycles. The van der Waals surface area contributed by atoms with Crippen LogP contribution in [-0.2, 0) is 0 Å². The van der Waals surface area contributed by atoms with E-state index in [1.165, 1.54) is 38.5 Å². The van der Waals surface area contributed by atoms with E-state index in [1.807, 2.05) is 0 Å². The average molecular weight is 193 g/mol. The molecule has 4 aliphatic rings. The minimum atomic E-state index is 0.244. The van der Waals surface area contributed by atoms with Gasteiger partial charge in [-0.2, -0.15) is 0 Å². The minimum Gasteiger partial charge on any atom is -0.325 e. The van der Waals surface area contributed by atoms with Crippen LogP contribution < -0.4 is 5.73 Å². The molecule has 1 heteroatoms. The Balaban J connectivity index is 1.96. The van der Waals surface area contributed by atoms with E-state index in [9.17, 15) is 0 Å². The first kappa shape index (κ1) is 9.21. The molecule has 4 fully saturated rings. The molecule has 0 spiro atoms. The van der Waals surface area contributed by atoms with Gasteiger partial charge >= 0.3 is 0 Å². The molecule has 0 amide bonds. The van der Waals surface area contributed by atoms with Crippen LogP contribution in [0.25, 0.3) is 0 Å². The van der Waals surface area contributed by atoms with Crippen LogP contribution in [0.15, 0.2) is 0 Å². The van der Waals surface area contributed by atoms with Gasteiger partial charge in [0.05, 0.1) is 0 Å². The van der Waals surface area contributed by atoms with Crippen molar-refractivity contribution < 1.29 is 0 Å². The molecular formula is C13H23N. The van der Waals surface area contributed by atoms with Gasteiger partial charge in [0.2, 0.25) is 0 Å². The molecule has 4 rings (SSSR count). The van der Waals surface area contributed by atoms with E-state index in [1.54, 1.807) is 0 Å². The van der Waals surface area contributed by atoms with Crippen LogP contribution in [0.3, 0.4) is 0 Å². The lowest BCUT2D eigenvalue weighted by Crippen LogP contribution is -2.61. The van der Waals surface area contributed by atoms with Crippen molar-refractivity contribution in [1.29, 1.82) is 0 Å². The second kappa shape index (κ2) is 2.55. The first-order valence-corrected chi connectivity index (χ1v) is 6.30. The summed E-state index contributed by atoms with van der Waals surface area (Å²) in [7, 11) is 0. The molecule has 0 aromatic carbocycles. The van der Waals surface area contributed by atoms with Crippen LogP contribution >= 0.6 is 0 Å².